The van der Waals surface area contributed by atoms with Gasteiger partial charge >= 0.3 is 0 Å². The van der Waals surface area contributed by atoms with Gasteiger partial charge in [0.05, 0.1) is 5.75 Å². The van der Waals surface area contributed by atoms with Crippen molar-refractivity contribution in [3.05, 3.63) is 24.3 Å². The van der Waals surface area contributed by atoms with Gasteiger partial charge in [0.2, 0.25) is 15.9 Å². The molecule has 4 N–H and O–H groups in total. The predicted molar refractivity (Wildman–Crippen MR) is 95.3 cm³/mol. The second-order valence-electron chi connectivity index (χ2n) is 5.76. The zero-order valence-corrected chi connectivity index (χ0v) is 14.8. The Morgan fingerprint density at radius 1 is 1.22 bits per heavy atom. The molecule has 23 heavy (non-hydrogen) atoms. The van der Waals surface area contributed by atoms with Gasteiger partial charge < -0.3 is 11.1 Å². The second-order valence-corrected chi connectivity index (χ2v) is 7.60. The van der Waals surface area contributed by atoms with E-state index in [1.807, 2.05) is 6.92 Å². The Labute approximate surface area is 143 Å². The second kappa shape index (κ2) is 8.52. The summed E-state index contributed by atoms with van der Waals surface area (Å²) in [5.41, 5.74) is 6.97. The summed E-state index contributed by atoms with van der Waals surface area (Å²) in [4.78, 5) is 12.1. The molecule has 1 aliphatic rings. The van der Waals surface area contributed by atoms with E-state index in [4.69, 9.17) is 5.73 Å². The molecule has 0 bridgehead atoms. The Morgan fingerprint density at radius 2 is 1.83 bits per heavy atom. The Balaban J connectivity index is 0.00000264. The van der Waals surface area contributed by atoms with Crippen molar-refractivity contribution in [2.75, 3.05) is 15.8 Å². The highest BCUT2D eigenvalue weighted by atomic mass is 35.5. The molecule has 2 unspecified atom stereocenters. The molecule has 0 spiro atoms. The first kappa shape index (κ1) is 19.7. The first-order chi connectivity index (χ1) is 10.4. The van der Waals surface area contributed by atoms with Crippen LogP contribution in [0.2, 0.25) is 0 Å². The lowest BCUT2D eigenvalue weighted by molar-refractivity contribution is -0.119. The quantitative estimate of drug-likeness (QED) is 0.723. The third-order valence-corrected chi connectivity index (χ3v) is 5.24. The summed E-state index contributed by atoms with van der Waals surface area (Å²) in [5.74, 6) is 0.0398. The molecule has 1 aromatic rings. The van der Waals surface area contributed by atoms with E-state index in [2.05, 4.69) is 10.0 Å². The van der Waals surface area contributed by atoms with E-state index in [9.17, 15) is 13.2 Å². The lowest BCUT2D eigenvalue weighted by Gasteiger charge is -2.12. The zero-order valence-electron chi connectivity index (χ0n) is 13.1. The molecule has 1 aromatic carbocycles. The number of hydrogen-bond acceptors (Lipinski definition) is 4. The van der Waals surface area contributed by atoms with Crippen molar-refractivity contribution in [1.82, 2.24) is 0 Å². The molecular weight excluding hydrogens is 338 g/mol. The van der Waals surface area contributed by atoms with Crippen molar-refractivity contribution in [3.63, 3.8) is 0 Å². The molecule has 8 heteroatoms. The van der Waals surface area contributed by atoms with Gasteiger partial charge in [0, 0.05) is 23.3 Å². The van der Waals surface area contributed by atoms with Crippen molar-refractivity contribution in [2.45, 2.75) is 38.6 Å². The molecule has 1 fully saturated rings. The highest BCUT2D eigenvalue weighted by Crippen LogP contribution is 2.25. The number of halogens is 1. The monoisotopic (exact) mass is 361 g/mol. The summed E-state index contributed by atoms with van der Waals surface area (Å²) in [7, 11) is -3.29. The van der Waals surface area contributed by atoms with Crippen LogP contribution in [0.5, 0.6) is 0 Å². The molecule has 0 heterocycles. The molecule has 2 atom stereocenters. The fourth-order valence-electron chi connectivity index (χ4n) is 2.62. The highest BCUT2D eigenvalue weighted by Gasteiger charge is 2.27. The normalized spacial score (nSPS) is 20.6. The zero-order chi connectivity index (χ0) is 16.2. The number of anilines is 2. The molecule has 6 nitrogen and oxygen atoms in total. The van der Waals surface area contributed by atoms with Crippen molar-refractivity contribution in [2.24, 2.45) is 11.7 Å². The molecule has 0 radical (unpaired) electrons. The molecule has 130 valence electrons. The van der Waals surface area contributed by atoms with E-state index < -0.39 is 10.0 Å². The van der Waals surface area contributed by atoms with Crippen LogP contribution in [0.3, 0.4) is 0 Å². The average Bonchev–Trinajstić information content (AvgIpc) is 2.87. The fraction of sp³-hybridized carbons (Fsp3) is 0.533. The molecule has 1 aliphatic carbocycles. The van der Waals surface area contributed by atoms with Gasteiger partial charge in [-0.2, -0.15) is 0 Å². The standard InChI is InChI=1S/C15H23N3O3S.ClH/c1-2-9-22(20,21)18-14-7-5-13(6-8-14)17-15(19)11-3-4-12(16)10-11;/h5-8,11-12,18H,2-4,9-10,16H2,1H3,(H,17,19);1H. The predicted octanol–water partition coefficient (Wildman–Crippen LogP) is 2.33. The SMILES string of the molecule is CCCS(=O)(=O)Nc1ccc(NC(=O)C2CCC(N)C2)cc1.Cl. The van der Waals surface area contributed by atoms with Crippen LogP contribution in [0.4, 0.5) is 11.4 Å². The van der Waals surface area contributed by atoms with Gasteiger partial charge in [-0.1, -0.05) is 6.92 Å². The number of amides is 1. The van der Waals surface area contributed by atoms with Gasteiger partial charge in [0.15, 0.2) is 0 Å². The molecule has 2 rings (SSSR count). The van der Waals surface area contributed by atoms with Crippen LogP contribution in [-0.4, -0.2) is 26.1 Å². The number of carbonyl (C=O) groups excluding carboxylic acids is 1. The molecule has 1 amide bonds. The Morgan fingerprint density at radius 3 is 2.35 bits per heavy atom. The Hall–Kier alpha value is -1.31. The number of benzene rings is 1. The summed E-state index contributed by atoms with van der Waals surface area (Å²) in [6.45, 7) is 1.81. The molecule has 1 saturated carbocycles. The van der Waals surface area contributed by atoms with Crippen molar-refractivity contribution >= 4 is 39.7 Å². The average molecular weight is 362 g/mol. The topological polar surface area (TPSA) is 101 Å². The maximum atomic E-state index is 12.1. The number of sulfonamides is 1. The first-order valence-corrected chi connectivity index (χ1v) is 9.22. The fourth-order valence-corrected chi connectivity index (χ4v) is 3.75. The van der Waals surface area contributed by atoms with E-state index in [0.717, 1.165) is 19.3 Å². The minimum Gasteiger partial charge on any atom is -0.328 e. The maximum absolute atomic E-state index is 12.1. The van der Waals surface area contributed by atoms with Crippen LogP contribution in [0, 0.1) is 5.92 Å². The van der Waals surface area contributed by atoms with Crippen LogP contribution in [0.15, 0.2) is 24.3 Å². The number of hydrogen-bond donors (Lipinski definition) is 3. The lowest BCUT2D eigenvalue weighted by Crippen LogP contribution is -2.23. The van der Waals surface area contributed by atoms with Gasteiger partial charge in [0.1, 0.15) is 0 Å². The number of nitrogens with one attached hydrogen (secondary N) is 2. The van der Waals surface area contributed by atoms with E-state index in [0.29, 0.717) is 17.8 Å². The Kier molecular flexibility index (Phi) is 7.31. The molecular formula is C15H24ClN3O3S. The maximum Gasteiger partial charge on any atom is 0.232 e. The highest BCUT2D eigenvalue weighted by molar-refractivity contribution is 7.92. The first-order valence-electron chi connectivity index (χ1n) is 7.56. The Bertz CT molecular complexity index is 619. The van der Waals surface area contributed by atoms with Crippen LogP contribution in [0.1, 0.15) is 32.6 Å². The van der Waals surface area contributed by atoms with Crippen LogP contribution in [-0.2, 0) is 14.8 Å². The van der Waals surface area contributed by atoms with Gasteiger partial charge in [-0.3, -0.25) is 9.52 Å². The van der Waals surface area contributed by atoms with Crippen LogP contribution in [0.25, 0.3) is 0 Å². The lowest BCUT2D eigenvalue weighted by atomic mass is 10.1. The van der Waals surface area contributed by atoms with Crippen molar-refractivity contribution in [1.29, 1.82) is 0 Å². The van der Waals surface area contributed by atoms with E-state index >= 15 is 0 Å². The van der Waals surface area contributed by atoms with Gasteiger partial charge in [-0.25, -0.2) is 8.42 Å². The molecule has 0 aliphatic heterocycles. The van der Waals surface area contributed by atoms with Crippen molar-refractivity contribution in [3.8, 4) is 0 Å². The van der Waals surface area contributed by atoms with Crippen LogP contribution < -0.4 is 15.8 Å². The number of carbonyl (C=O) groups is 1. The summed E-state index contributed by atoms with van der Waals surface area (Å²) in [6.07, 6.45) is 2.99. The summed E-state index contributed by atoms with van der Waals surface area (Å²) in [6, 6.07) is 6.78. The number of nitrogens with two attached hydrogens (primary N) is 1. The van der Waals surface area contributed by atoms with E-state index in [1.54, 1.807) is 24.3 Å². The van der Waals surface area contributed by atoms with Gasteiger partial charge in [0.25, 0.3) is 0 Å². The third kappa shape index (κ3) is 6.01. The smallest absolute Gasteiger partial charge is 0.232 e. The van der Waals surface area contributed by atoms with Crippen LogP contribution >= 0.6 is 12.4 Å². The largest absolute Gasteiger partial charge is 0.328 e. The van der Waals surface area contributed by atoms with E-state index in [-0.39, 0.29) is 36.0 Å². The summed E-state index contributed by atoms with van der Waals surface area (Å²) < 4.78 is 25.9. The number of rotatable bonds is 6. The van der Waals surface area contributed by atoms with E-state index in [1.165, 1.54) is 0 Å². The van der Waals surface area contributed by atoms with Gasteiger partial charge in [-0.15, -0.1) is 12.4 Å². The van der Waals surface area contributed by atoms with Crippen molar-refractivity contribution < 1.29 is 13.2 Å². The van der Waals surface area contributed by atoms with Gasteiger partial charge in [-0.05, 0) is 49.9 Å². The minimum absolute atomic E-state index is 0. The summed E-state index contributed by atoms with van der Waals surface area (Å²) >= 11 is 0. The molecule has 0 aromatic heterocycles. The molecule has 0 saturated heterocycles. The minimum atomic E-state index is -3.29. The summed E-state index contributed by atoms with van der Waals surface area (Å²) in [5, 5.41) is 2.85. The third-order valence-electron chi connectivity index (χ3n) is 3.74.